The fraction of sp³-hybridized carbons (Fsp3) is 0.724. The first kappa shape index (κ1) is 29.2. The van der Waals surface area contributed by atoms with E-state index in [1.54, 1.807) is 0 Å². The van der Waals surface area contributed by atoms with Gasteiger partial charge >= 0.3 is 12.1 Å². The van der Waals surface area contributed by atoms with Crippen molar-refractivity contribution in [2.45, 2.75) is 105 Å². The average molecular weight is 489 g/mol. The Balaban J connectivity index is 1.86. The van der Waals surface area contributed by atoms with Crippen molar-refractivity contribution in [1.82, 2.24) is 9.80 Å². The smallest absolute Gasteiger partial charge is 0.410 e. The maximum absolute atomic E-state index is 12.6. The van der Waals surface area contributed by atoms with Crippen LogP contribution in [0, 0.1) is 11.8 Å². The highest BCUT2D eigenvalue weighted by molar-refractivity contribution is 5.68. The Labute approximate surface area is 213 Å². The fourth-order valence-electron chi connectivity index (χ4n) is 5.25. The van der Waals surface area contributed by atoms with E-state index in [1.165, 1.54) is 5.56 Å². The number of carbonyl (C=O) groups is 2. The largest absolute Gasteiger partial charge is 0.481 e. The third-order valence-corrected chi connectivity index (χ3v) is 7.45. The van der Waals surface area contributed by atoms with E-state index in [4.69, 9.17) is 9.84 Å². The summed E-state index contributed by atoms with van der Waals surface area (Å²) in [5.41, 5.74) is 2.29. The molecule has 1 aliphatic rings. The van der Waals surface area contributed by atoms with Gasteiger partial charge in [-0.25, -0.2) is 4.79 Å². The molecule has 1 aliphatic carbocycles. The first-order valence-corrected chi connectivity index (χ1v) is 13.7. The second-order valence-electron chi connectivity index (χ2n) is 10.6. The molecule has 1 aromatic rings. The standard InChI is InChI=1S/C29H48N2O4/c1-6-8-16-31(22(3)4)29(34)35-21-27-11-9-10-26(18-27)17-23(5)30(7-2)20-25-14-12-24(13-15-25)19-28(32)33/h9-11,18,22-25H,6-8,12-17,19-21H2,1-5H3,(H,32,33). The highest BCUT2D eigenvalue weighted by atomic mass is 16.6. The molecule has 0 saturated heterocycles. The van der Waals surface area contributed by atoms with E-state index >= 15 is 0 Å². The van der Waals surface area contributed by atoms with Crippen LogP contribution in [0.3, 0.4) is 0 Å². The molecule has 6 heteroatoms. The van der Waals surface area contributed by atoms with E-state index in [2.05, 4.69) is 43.9 Å². The lowest BCUT2D eigenvalue weighted by Gasteiger charge is -2.35. The number of likely N-dealkylation sites (N-methyl/N-ethyl adjacent to an activating group) is 1. The van der Waals surface area contributed by atoms with Gasteiger partial charge in [0.25, 0.3) is 0 Å². The average Bonchev–Trinajstić information content (AvgIpc) is 2.82. The van der Waals surface area contributed by atoms with Crippen molar-refractivity contribution in [1.29, 1.82) is 0 Å². The van der Waals surface area contributed by atoms with Crippen molar-refractivity contribution in [3.8, 4) is 0 Å². The fourth-order valence-corrected chi connectivity index (χ4v) is 5.25. The Morgan fingerprint density at radius 2 is 1.71 bits per heavy atom. The molecule has 0 radical (unpaired) electrons. The number of aliphatic carboxylic acids is 1. The van der Waals surface area contributed by atoms with Crippen LogP contribution < -0.4 is 0 Å². The number of hydrogen-bond acceptors (Lipinski definition) is 4. The summed E-state index contributed by atoms with van der Waals surface area (Å²) >= 11 is 0. The van der Waals surface area contributed by atoms with Gasteiger partial charge < -0.3 is 19.6 Å². The molecule has 2 rings (SSSR count). The van der Waals surface area contributed by atoms with Crippen molar-refractivity contribution in [2.75, 3.05) is 19.6 Å². The van der Waals surface area contributed by atoms with Crippen LogP contribution in [0.15, 0.2) is 24.3 Å². The Morgan fingerprint density at radius 3 is 2.31 bits per heavy atom. The lowest BCUT2D eigenvalue weighted by molar-refractivity contribution is -0.138. The number of unbranched alkanes of at least 4 members (excludes halogenated alkanes) is 1. The third-order valence-electron chi connectivity index (χ3n) is 7.45. The molecule has 1 unspecified atom stereocenters. The molecule has 1 amide bonds. The van der Waals surface area contributed by atoms with Gasteiger partial charge in [-0.1, -0.05) is 44.5 Å². The van der Waals surface area contributed by atoms with Gasteiger partial charge in [-0.2, -0.15) is 0 Å². The van der Waals surface area contributed by atoms with Crippen LogP contribution in [0.2, 0.25) is 0 Å². The zero-order chi connectivity index (χ0) is 25.8. The maximum atomic E-state index is 12.6. The summed E-state index contributed by atoms with van der Waals surface area (Å²) in [6.07, 6.45) is 7.42. The van der Waals surface area contributed by atoms with Gasteiger partial charge in [0.1, 0.15) is 6.61 Å². The molecule has 1 N–H and O–H groups in total. The normalized spacial score (nSPS) is 19.1. The van der Waals surface area contributed by atoms with E-state index in [0.29, 0.717) is 30.9 Å². The topological polar surface area (TPSA) is 70.1 Å². The monoisotopic (exact) mass is 488 g/mol. The molecule has 0 heterocycles. The summed E-state index contributed by atoms with van der Waals surface area (Å²) in [4.78, 5) is 27.9. The molecule has 198 valence electrons. The Hall–Kier alpha value is -2.08. The first-order valence-electron chi connectivity index (χ1n) is 13.7. The second-order valence-corrected chi connectivity index (χ2v) is 10.6. The Morgan fingerprint density at radius 1 is 1.06 bits per heavy atom. The van der Waals surface area contributed by atoms with Crippen molar-refractivity contribution < 1.29 is 19.4 Å². The van der Waals surface area contributed by atoms with E-state index in [9.17, 15) is 9.59 Å². The number of benzene rings is 1. The number of carbonyl (C=O) groups excluding carboxylic acids is 1. The summed E-state index contributed by atoms with van der Waals surface area (Å²) in [7, 11) is 0. The van der Waals surface area contributed by atoms with E-state index < -0.39 is 5.97 Å². The van der Waals surface area contributed by atoms with Crippen LogP contribution in [-0.4, -0.2) is 58.7 Å². The highest BCUT2D eigenvalue weighted by Crippen LogP contribution is 2.31. The maximum Gasteiger partial charge on any atom is 0.410 e. The Kier molecular flexibility index (Phi) is 12.6. The molecule has 1 saturated carbocycles. The van der Waals surface area contributed by atoms with Crippen LogP contribution in [0.4, 0.5) is 4.79 Å². The van der Waals surface area contributed by atoms with Crippen molar-refractivity contribution in [3.05, 3.63) is 35.4 Å². The third kappa shape index (κ3) is 10.2. The van der Waals surface area contributed by atoms with Crippen LogP contribution in [-0.2, 0) is 22.6 Å². The predicted molar refractivity (Wildman–Crippen MR) is 141 cm³/mol. The number of hydrogen-bond donors (Lipinski definition) is 1. The number of nitrogens with zero attached hydrogens (tertiary/aromatic N) is 2. The molecule has 1 atom stereocenters. The number of amides is 1. The van der Waals surface area contributed by atoms with Gasteiger partial charge in [-0.3, -0.25) is 4.79 Å². The first-order chi connectivity index (χ1) is 16.7. The Bertz CT molecular complexity index is 774. The summed E-state index contributed by atoms with van der Waals surface area (Å²) in [5, 5.41) is 9.05. The summed E-state index contributed by atoms with van der Waals surface area (Å²) in [6.45, 7) is 13.8. The zero-order valence-electron chi connectivity index (χ0n) is 22.7. The molecular weight excluding hydrogens is 440 g/mol. The number of rotatable bonds is 14. The highest BCUT2D eigenvalue weighted by Gasteiger charge is 2.25. The van der Waals surface area contributed by atoms with Gasteiger partial charge in [0, 0.05) is 31.6 Å². The van der Waals surface area contributed by atoms with Crippen molar-refractivity contribution >= 4 is 12.1 Å². The van der Waals surface area contributed by atoms with Crippen molar-refractivity contribution in [2.24, 2.45) is 11.8 Å². The molecular formula is C29H48N2O4. The number of ether oxygens (including phenoxy) is 1. The van der Waals surface area contributed by atoms with Crippen LogP contribution in [0.5, 0.6) is 0 Å². The van der Waals surface area contributed by atoms with Gasteiger partial charge in [-0.15, -0.1) is 0 Å². The summed E-state index contributed by atoms with van der Waals surface area (Å²) in [5.74, 6) is 0.347. The molecule has 1 aromatic carbocycles. The number of carboxylic acids is 1. The van der Waals surface area contributed by atoms with Gasteiger partial charge in [-0.05, 0) is 88.8 Å². The minimum atomic E-state index is -0.664. The lowest BCUT2D eigenvalue weighted by Crippen LogP contribution is -2.39. The van der Waals surface area contributed by atoms with Gasteiger partial charge in [0.15, 0.2) is 0 Å². The van der Waals surface area contributed by atoms with E-state index in [1.807, 2.05) is 24.8 Å². The van der Waals surface area contributed by atoms with Crippen LogP contribution in [0.25, 0.3) is 0 Å². The van der Waals surface area contributed by atoms with Crippen molar-refractivity contribution in [3.63, 3.8) is 0 Å². The molecule has 0 bridgehead atoms. The molecule has 1 fully saturated rings. The quantitative estimate of drug-likeness (QED) is 0.330. The molecule has 0 spiro atoms. The molecule has 0 aromatic heterocycles. The number of carboxylic acid groups (broad SMARTS) is 1. The summed E-state index contributed by atoms with van der Waals surface area (Å²) in [6, 6.07) is 8.96. The van der Waals surface area contributed by atoms with E-state index in [-0.39, 0.29) is 12.1 Å². The molecule has 6 nitrogen and oxygen atoms in total. The van der Waals surface area contributed by atoms with E-state index in [0.717, 1.165) is 70.1 Å². The van der Waals surface area contributed by atoms with Crippen LogP contribution in [0.1, 0.15) is 90.7 Å². The SMILES string of the molecule is CCCCN(C(=O)OCc1cccc(CC(C)N(CC)CC2CCC(CC(=O)O)CC2)c1)C(C)C. The lowest BCUT2D eigenvalue weighted by atomic mass is 9.80. The summed E-state index contributed by atoms with van der Waals surface area (Å²) < 4.78 is 5.65. The minimum Gasteiger partial charge on any atom is -0.481 e. The predicted octanol–water partition coefficient (Wildman–Crippen LogP) is 6.37. The second kappa shape index (κ2) is 15.1. The minimum absolute atomic E-state index is 0.133. The van der Waals surface area contributed by atoms with Gasteiger partial charge in [0.2, 0.25) is 0 Å². The molecule has 0 aliphatic heterocycles. The molecule has 35 heavy (non-hydrogen) atoms. The van der Waals surface area contributed by atoms with Crippen LogP contribution >= 0.6 is 0 Å². The van der Waals surface area contributed by atoms with Gasteiger partial charge in [0.05, 0.1) is 0 Å². The zero-order valence-corrected chi connectivity index (χ0v) is 22.7.